The van der Waals surface area contributed by atoms with Gasteiger partial charge in [-0.1, -0.05) is 24.3 Å². The molecule has 0 unspecified atom stereocenters. The smallest absolute Gasteiger partial charge is 0.273 e. The second kappa shape index (κ2) is 10.7. The van der Waals surface area contributed by atoms with Gasteiger partial charge >= 0.3 is 0 Å². The van der Waals surface area contributed by atoms with E-state index in [9.17, 15) is 8.42 Å². The van der Waals surface area contributed by atoms with Gasteiger partial charge in [-0.05, 0) is 49.6 Å². The van der Waals surface area contributed by atoms with Crippen molar-refractivity contribution in [2.24, 2.45) is 0 Å². The van der Waals surface area contributed by atoms with E-state index in [1.54, 1.807) is 28.8 Å². The van der Waals surface area contributed by atoms with Gasteiger partial charge in [-0.2, -0.15) is 0 Å². The quantitative estimate of drug-likeness (QED) is 0.258. The molecule has 0 saturated carbocycles. The Morgan fingerprint density at radius 3 is 2.62 bits per heavy atom. The lowest BCUT2D eigenvalue weighted by Gasteiger charge is -2.35. The van der Waals surface area contributed by atoms with Gasteiger partial charge in [0, 0.05) is 61.4 Å². The number of H-pyrrole nitrogens is 1. The van der Waals surface area contributed by atoms with E-state index in [1.807, 2.05) is 44.3 Å². The molecule has 4 aromatic heterocycles. The topological polar surface area (TPSA) is 85.4 Å². The number of thiazole rings is 1. The number of rotatable bonds is 8. The number of thiophene rings is 1. The van der Waals surface area contributed by atoms with Crippen LogP contribution in [0.4, 0.5) is 11.5 Å². The third-order valence-corrected chi connectivity index (χ3v) is 11.2. The van der Waals surface area contributed by atoms with Crippen molar-refractivity contribution in [1.29, 1.82) is 0 Å². The predicted octanol–water partition coefficient (Wildman–Crippen LogP) is 5.59. The second-order valence-corrected chi connectivity index (χ2v) is 13.7. The van der Waals surface area contributed by atoms with Crippen LogP contribution < -0.4 is 9.21 Å². The van der Waals surface area contributed by atoms with Crippen LogP contribution in [0.2, 0.25) is 0 Å². The molecule has 1 N–H and O–H groups in total. The van der Waals surface area contributed by atoms with Crippen LogP contribution in [-0.4, -0.2) is 61.0 Å². The fourth-order valence-electron chi connectivity index (χ4n) is 5.02. The first-order valence-electron chi connectivity index (χ1n) is 13.0. The third-order valence-electron chi connectivity index (χ3n) is 6.96. The maximum absolute atomic E-state index is 13.4. The highest BCUT2D eigenvalue weighted by molar-refractivity contribution is 7.94. The lowest BCUT2D eigenvalue weighted by molar-refractivity contribution is 0.251. The molecule has 5 aromatic rings. The van der Waals surface area contributed by atoms with Crippen LogP contribution in [0.5, 0.6) is 0 Å². The highest BCUT2D eigenvalue weighted by atomic mass is 32.2. The molecule has 1 saturated heterocycles. The summed E-state index contributed by atoms with van der Waals surface area (Å²) in [5.74, 6) is 1.05. The normalized spacial score (nSPS) is 14.8. The number of pyridine rings is 1. The van der Waals surface area contributed by atoms with E-state index in [-0.39, 0.29) is 0 Å². The summed E-state index contributed by atoms with van der Waals surface area (Å²) in [7, 11) is -3.64. The molecule has 1 fully saturated rings. The van der Waals surface area contributed by atoms with E-state index in [0.717, 1.165) is 65.8 Å². The highest BCUT2D eigenvalue weighted by Crippen LogP contribution is 2.35. The van der Waals surface area contributed by atoms with Crippen molar-refractivity contribution < 1.29 is 8.42 Å². The van der Waals surface area contributed by atoms with E-state index < -0.39 is 10.0 Å². The van der Waals surface area contributed by atoms with Crippen molar-refractivity contribution in [3.05, 3.63) is 76.7 Å². The molecule has 0 aliphatic carbocycles. The predicted molar refractivity (Wildman–Crippen MR) is 160 cm³/mol. The van der Waals surface area contributed by atoms with Crippen LogP contribution >= 0.6 is 22.7 Å². The van der Waals surface area contributed by atoms with Gasteiger partial charge in [-0.25, -0.2) is 18.4 Å². The van der Waals surface area contributed by atoms with Gasteiger partial charge in [0.2, 0.25) is 0 Å². The number of piperazine rings is 1. The maximum Gasteiger partial charge on any atom is 0.273 e. The number of fused-ring (bicyclic) bond motifs is 1. The Bertz CT molecular complexity index is 1690. The minimum atomic E-state index is -3.64. The summed E-state index contributed by atoms with van der Waals surface area (Å²) in [6.07, 6.45) is 1.96. The number of aromatic amines is 1. The Hall–Kier alpha value is -3.25. The number of hydrogen-bond donors (Lipinski definition) is 1. The molecule has 8 nitrogen and oxygen atoms in total. The number of hydrogen-bond acceptors (Lipinski definition) is 8. The molecule has 1 aliphatic heterocycles. The van der Waals surface area contributed by atoms with E-state index in [1.165, 1.54) is 20.5 Å². The van der Waals surface area contributed by atoms with Crippen LogP contribution in [0.1, 0.15) is 17.5 Å². The van der Waals surface area contributed by atoms with Gasteiger partial charge in [-0.3, -0.25) is 9.21 Å². The summed E-state index contributed by atoms with van der Waals surface area (Å²) >= 11 is 2.91. The lowest BCUT2D eigenvalue weighted by atomic mass is 10.2. The van der Waals surface area contributed by atoms with Gasteiger partial charge in [0.25, 0.3) is 10.0 Å². The van der Waals surface area contributed by atoms with Crippen LogP contribution in [0.25, 0.3) is 21.6 Å². The highest BCUT2D eigenvalue weighted by Gasteiger charge is 2.27. The summed E-state index contributed by atoms with van der Waals surface area (Å²) in [6, 6.07) is 17.4. The van der Waals surface area contributed by atoms with Crippen molar-refractivity contribution in [3.8, 4) is 10.7 Å². The van der Waals surface area contributed by atoms with Gasteiger partial charge < -0.3 is 9.88 Å². The van der Waals surface area contributed by atoms with E-state index in [4.69, 9.17) is 4.98 Å². The first-order valence-corrected chi connectivity index (χ1v) is 16.1. The number of nitrogens with one attached hydrogen (secondary N) is 1. The zero-order valence-corrected chi connectivity index (χ0v) is 24.3. The molecule has 6 rings (SSSR count). The van der Waals surface area contributed by atoms with Crippen LogP contribution in [-0.2, 0) is 16.6 Å². The molecule has 0 radical (unpaired) electrons. The summed E-state index contributed by atoms with van der Waals surface area (Å²) in [6.45, 7) is 8.95. The van der Waals surface area contributed by atoms with Crippen molar-refractivity contribution in [3.63, 3.8) is 0 Å². The summed E-state index contributed by atoms with van der Waals surface area (Å²) < 4.78 is 28.5. The molecule has 202 valence electrons. The van der Waals surface area contributed by atoms with Crippen LogP contribution in [0.3, 0.4) is 0 Å². The monoisotopic (exact) mass is 578 g/mol. The molecular formula is C28H30N6O2S3. The Balaban J connectivity index is 1.19. The Morgan fingerprint density at radius 1 is 1.05 bits per heavy atom. The van der Waals surface area contributed by atoms with Gasteiger partial charge in [-0.15, -0.1) is 22.7 Å². The Labute approximate surface area is 236 Å². The van der Waals surface area contributed by atoms with E-state index in [0.29, 0.717) is 16.4 Å². The molecule has 1 aliphatic rings. The maximum atomic E-state index is 13.4. The molecule has 0 bridgehead atoms. The number of benzene rings is 1. The first kappa shape index (κ1) is 26.0. The minimum Gasteiger partial charge on any atom is -0.354 e. The Kier molecular flexibility index (Phi) is 7.15. The molecule has 5 heterocycles. The van der Waals surface area contributed by atoms with Crippen molar-refractivity contribution in [1.82, 2.24) is 19.9 Å². The lowest BCUT2D eigenvalue weighted by Crippen LogP contribution is -2.46. The SMILES string of the molecule is CCN(c1cccc2cc(-c3ncc(CN4CCN(c5cccc(C)n5)CC4)s3)[nH]c12)S(=O)(=O)c1cccs1. The van der Waals surface area contributed by atoms with Crippen LogP contribution in [0, 0.1) is 6.92 Å². The fraction of sp³-hybridized carbons (Fsp3) is 0.286. The molecular weight excluding hydrogens is 549 g/mol. The van der Waals surface area contributed by atoms with Gasteiger partial charge in [0.15, 0.2) is 0 Å². The number of sulfonamides is 1. The third kappa shape index (κ3) is 5.19. The molecule has 0 amide bonds. The van der Waals surface area contributed by atoms with E-state index in [2.05, 4.69) is 38.0 Å². The van der Waals surface area contributed by atoms with Crippen molar-refractivity contribution in [2.45, 2.75) is 24.6 Å². The number of aromatic nitrogens is 3. The van der Waals surface area contributed by atoms with Gasteiger partial charge in [0.1, 0.15) is 15.0 Å². The van der Waals surface area contributed by atoms with Crippen molar-refractivity contribution in [2.75, 3.05) is 41.9 Å². The number of aryl methyl sites for hydroxylation is 1. The summed E-state index contributed by atoms with van der Waals surface area (Å²) in [4.78, 5) is 18.9. The molecule has 11 heteroatoms. The van der Waals surface area contributed by atoms with Gasteiger partial charge in [0.05, 0.1) is 16.9 Å². The summed E-state index contributed by atoms with van der Waals surface area (Å²) in [5.41, 5.74) is 3.39. The molecule has 0 atom stereocenters. The minimum absolute atomic E-state index is 0.336. The second-order valence-electron chi connectivity index (χ2n) is 9.56. The van der Waals surface area contributed by atoms with E-state index >= 15 is 0 Å². The zero-order valence-electron chi connectivity index (χ0n) is 21.9. The van der Waals surface area contributed by atoms with Crippen molar-refractivity contribution >= 4 is 55.1 Å². The number of nitrogens with zero attached hydrogens (tertiary/aromatic N) is 5. The zero-order chi connectivity index (χ0) is 27.0. The summed E-state index contributed by atoms with van der Waals surface area (Å²) in [5, 5.41) is 3.65. The average molecular weight is 579 g/mol. The average Bonchev–Trinajstić information content (AvgIpc) is 3.71. The fourth-order valence-corrected chi connectivity index (χ4v) is 8.53. The Morgan fingerprint density at radius 2 is 1.87 bits per heavy atom. The standard InChI is InChI=1S/C28H30N6O2S3/c1-3-34(39(35,36)26-11-6-16-37-26)24-9-5-8-21-17-23(31-27(21)24)28-29-18-22(38-28)19-32-12-14-33(15-13-32)25-10-4-7-20(2)30-25/h4-11,16-18,31H,3,12-15,19H2,1-2H3. The molecule has 1 aromatic carbocycles. The number of anilines is 2. The number of para-hydroxylation sites is 1. The van der Waals surface area contributed by atoms with Crippen LogP contribution in [0.15, 0.2) is 70.4 Å². The first-order chi connectivity index (χ1) is 18.9. The molecule has 39 heavy (non-hydrogen) atoms. The molecule has 0 spiro atoms. The largest absolute Gasteiger partial charge is 0.354 e.